The average molecular weight is 307 g/mol. The van der Waals surface area contributed by atoms with E-state index in [1.54, 1.807) is 45.2 Å². The number of benzene rings is 1. The third kappa shape index (κ3) is 3.44. The molecule has 1 N–H and O–H groups in total. The smallest absolute Gasteiger partial charge is 0.274 e. The Hall–Kier alpha value is -2.27. The van der Waals surface area contributed by atoms with Crippen molar-refractivity contribution in [2.75, 3.05) is 7.11 Å². The van der Waals surface area contributed by atoms with Gasteiger partial charge in [0, 0.05) is 10.6 Å². The fraction of sp³-hybridized carbons (Fsp3) is 0.200. The molecule has 0 unspecified atom stereocenters. The highest BCUT2D eigenvalue weighted by Gasteiger charge is 2.12. The highest BCUT2D eigenvalue weighted by Crippen LogP contribution is 2.23. The number of furan rings is 1. The summed E-state index contributed by atoms with van der Waals surface area (Å²) < 4.78 is 10.3. The lowest BCUT2D eigenvalue weighted by atomic mass is 10.1. The van der Waals surface area contributed by atoms with E-state index in [1.807, 2.05) is 0 Å². The van der Waals surface area contributed by atoms with Gasteiger partial charge >= 0.3 is 0 Å². The van der Waals surface area contributed by atoms with Crippen molar-refractivity contribution in [2.24, 2.45) is 5.10 Å². The van der Waals surface area contributed by atoms with Crippen LogP contribution in [0.3, 0.4) is 0 Å². The minimum atomic E-state index is -0.332. The second-order valence-electron chi connectivity index (χ2n) is 4.37. The molecule has 0 radical (unpaired) electrons. The molecule has 1 aromatic carbocycles. The van der Waals surface area contributed by atoms with Crippen LogP contribution in [0.5, 0.6) is 5.75 Å². The van der Waals surface area contributed by atoms with Crippen molar-refractivity contribution >= 4 is 23.2 Å². The van der Waals surface area contributed by atoms with Crippen molar-refractivity contribution in [2.45, 2.75) is 13.8 Å². The molecule has 0 saturated carbocycles. The number of rotatable bonds is 4. The Morgan fingerprint density at radius 2 is 2.10 bits per heavy atom. The standard InChI is InChI=1S/C15H15ClN2O3/c1-9(13-8-11(16)4-5-14(13)20-3)17-18-15(19)12-6-7-21-10(12)2/h4-8H,1-3H3,(H,18,19)/b17-9-. The van der Waals surface area contributed by atoms with E-state index in [4.69, 9.17) is 20.8 Å². The van der Waals surface area contributed by atoms with Crippen molar-refractivity contribution in [3.63, 3.8) is 0 Å². The van der Waals surface area contributed by atoms with E-state index in [-0.39, 0.29) is 5.91 Å². The number of ether oxygens (including phenoxy) is 1. The van der Waals surface area contributed by atoms with Crippen LogP contribution in [0.15, 0.2) is 40.0 Å². The Labute approximate surface area is 127 Å². The molecule has 0 spiro atoms. The maximum Gasteiger partial charge on any atom is 0.274 e. The van der Waals surface area contributed by atoms with Gasteiger partial charge in [-0.2, -0.15) is 5.10 Å². The molecule has 6 heteroatoms. The molecular formula is C15H15ClN2O3. The first-order valence-corrected chi connectivity index (χ1v) is 6.63. The number of aryl methyl sites for hydroxylation is 1. The van der Waals surface area contributed by atoms with E-state index in [2.05, 4.69) is 10.5 Å². The van der Waals surface area contributed by atoms with Gasteiger partial charge in [-0.05, 0) is 38.1 Å². The second kappa shape index (κ2) is 6.45. The zero-order chi connectivity index (χ0) is 15.4. The van der Waals surface area contributed by atoms with Crippen LogP contribution in [-0.2, 0) is 0 Å². The zero-order valence-corrected chi connectivity index (χ0v) is 12.7. The molecule has 1 aromatic heterocycles. The second-order valence-corrected chi connectivity index (χ2v) is 4.81. The number of hydrogen-bond donors (Lipinski definition) is 1. The van der Waals surface area contributed by atoms with Gasteiger partial charge in [-0.3, -0.25) is 4.79 Å². The van der Waals surface area contributed by atoms with Crippen LogP contribution in [-0.4, -0.2) is 18.7 Å². The van der Waals surface area contributed by atoms with Crippen LogP contribution in [0.25, 0.3) is 0 Å². The number of amides is 1. The lowest BCUT2D eigenvalue weighted by Gasteiger charge is -2.08. The van der Waals surface area contributed by atoms with Gasteiger partial charge in [0.2, 0.25) is 0 Å². The molecule has 110 valence electrons. The predicted octanol–water partition coefficient (Wildman–Crippen LogP) is 3.40. The van der Waals surface area contributed by atoms with Gasteiger partial charge < -0.3 is 9.15 Å². The van der Waals surface area contributed by atoms with Gasteiger partial charge in [0.25, 0.3) is 5.91 Å². The van der Waals surface area contributed by atoms with E-state index >= 15 is 0 Å². The first-order chi connectivity index (χ1) is 10.0. The SMILES string of the molecule is COc1ccc(Cl)cc1/C(C)=N\NC(=O)c1ccoc1C. The Morgan fingerprint density at radius 3 is 2.71 bits per heavy atom. The van der Waals surface area contributed by atoms with E-state index < -0.39 is 0 Å². The van der Waals surface area contributed by atoms with E-state index in [0.717, 1.165) is 0 Å². The van der Waals surface area contributed by atoms with Crippen LogP contribution >= 0.6 is 11.6 Å². The van der Waals surface area contributed by atoms with Crippen LogP contribution in [0, 0.1) is 6.92 Å². The molecule has 0 aliphatic heterocycles. The van der Waals surface area contributed by atoms with Crippen LogP contribution < -0.4 is 10.2 Å². The number of nitrogens with zero attached hydrogens (tertiary/aromatic N) is 1. The number of halogens is 1. The van der Waals surface area contributed by atoms with Crippen molar-refractivity contribution in [1.82, 2.24) is 5.43 Å². The number of methoxy groups -OCH3 is 1. The van der Waals surface area contributed by atoms with Crippen LogP contribution in [0.2, 0.25) is 5.02 Å². The van der Waals surface area contributed by atoms with Crippen molar-refractivity contribution < 1.29 is 13.9 Å². The van der Waals surface area contributed by atoms with Gasteiger partial charge in [-0.15, -0.1) is 0 Å². The Kier molecular flexibility index (Phi) is 4.65. The van der Waals surface area contributed by atoms with Gasteiger partial charge in [0.05, 0.1) is 24.6 Å². The summed E-state index contributed by atoms with van der Waals surface area (Å²) in [5, 5.41) is 4.64. The zero-order valence-electron chi connectivity index (χ0n) is 11.9. The van der Waals surface area contributed by atoms with Crippen molar-refractivity contribution in [3.05, 3.63) is 52.4 Å². The fourth-order valence-corrected chi connectivity index (χ4v) is 2.01. The average Bonchev–Trinajstić information content (AvgIpc) is 2.90. The quantitative estimate of drug-likeness (QED) is 0.695. The molecule has 21 heavy (non-hydrogen) atoms. The summed E-state index contributed by atoms with van der Waals surface area (Å²) in [4.78, 5) is 11.9. The summed E-state index contributed by atoms with van der Waals surface area (Å²) in [6.45, 7) is 3.47. The van der Waals surface area contributed by atoms with E-state index in [1.165, 1.54) is 6.26 Å². The number of nitrogens with one attached hydrogen (secondary N) is 1. The molecule has 2 rings (SSSR count). The van der Waals surface area contributed by atoms with Crippen LogP contribution in [0.4, 0.5) is 0 Å². The fourth-order valence-electron chi connectivity index (χ4n) is 1.84. The molecule has 0 atom stereocenters. The van der Waals surface area contributed by atoms with Gasteiger partial charge in [-0.25, -0.2) is 5.43 Å². The lowest BCUT2D eigenvalue weighted by Crippen LogP contribution is -2.19. The van der Waals surface area contributed by atoms with E-state index in [9.17, 15) is 4.79 Å². The molecule has 1 heterocycles. The summed E-state index contributed by atoms with van der Waals surface area (Å²) in [5.74, 6) is 0.844. The maximum atomic E-state index is 11.9. The highest BCUT2D eigenvalue weighted by molar-refractivity contribution is 6.31. The highest BCUT2D eigenvalue weighted by atomic mass is 35.5. The van der Waals surface area contributed by atoms with Gasteiger partial charge in [0.15, 0.2) is 0 Å². The number of hydrazone groups is 1. The van der Waals surface area contributed by atoms with E-state index in [0.29, 0.717) is 33.4 Å². The summed E-state index contributed by atoms with van der Waals surface area (Å²) in [7, 11) is 1.56. The monoisotopic (exact) mass is 306 g/mol. The molecule has 0 aliphatic carbocycles. The molecule has 0 fully saturated rings. The number of hydrogen-bond acceptors (Lipinski definition) is 4. The summed E-state index contributed by atoms with van der Waals surface area (Å²) in [6, 6.07) is 6.80. The summed E-state index contributed by atoms with van der Waals surface area (Å²) >= 11 is 5.97. The van der Waals surface area contributed by atoms with Crippen LogP contribution in [0.1, 0.15) is 28.6 Å². The topological polar surface area (TPSA) is 63.8 Å². The van der Waals surface area contributed by atoms with Crippen molar-refractivity contribution in [3.8, 4) is 5.75 Å². The first-order valence-electron chi connectivity index (χ1n) is 6.25. The maximum absolute atomic E-state index is 11.9. The Morgan fingerprint density at radius 1 is 1.33 bits per heavy atom. The normalized spacial score (nSPS) is 11.3. The molecule has 2 aromatic rings. The first kappa shape index (κ1) is 15.1. The molecule has 5 nitrogen and oxygen atoms in total. The van der Waals surface area contributed by atoms with Gasteiger partial charge in [-0.1, -0.05) is 11.6 Å². The predicted molar refractivity (Wildman–Crippen MR) is 81.1 cm³/mol. The summed E-state index contributed by atoms with van der Waals surface area (Å²) in [5.41, 5.74) is 4.24. The lowest BCUT2D eigenvalue weighted by molar-refractivity contribution is 0.0953. The largest absolute Gasteiger partial charge is 0.496 e. The number of carbonyl (C=O) groups excluding carboxylic acids is 1. The van der Waals surface area contributed by atoms with Gasteiger partial charge in [0.1, 0.15) is 11.5 Å². The molecular weight excluding hydrogens is 292 g/mol. The molecule has 0 aliphatic rings. The molecule has 0 saturated heterocycles. The third-order valence-electron chi connectivity index (χ3n) is 2.98. The minimum absolute atomic E-state index is 0.332. The minimum Gasteiger partial charge on any atom is -0.496 e. The molecule has 0 bridgehead atoms. The molecule has 1 amide bonds. The van der Waals surface area contributed by atoms with Crippen molar-refractivity contribution in [1.29, 1.82) is 0 Å². The Balaban J connectivity index is 2.20. The third-order valence-corrected chi connectivity index (χ3v) is 3.22. The Bertz CT molecular complexity index is 692. The number of carbonyl (C=O) groups is 1. The summed E-state index contributed by atoms with van der Waals surface area (Å²) in [6.07, 6.45) is 1.46.